The maximum Gasteiger partial charge on any atom is 0.243 e. The summed E-state index contributed by atoms with van der Waals surface area (Å²) in [5, 5.41) is 7.02. The zero-order valence-corrected chi connectivity index (χ0v) is 21.5. The van der Waals surface area contributed by atoms with Gasteiger partial charge in [-0.15, -0.1) is 24.0 Å². The molecule has 168 valence electrons. The molecule has 2 heterocycles. The van der Waals surface area contributed by atoms with E-state index in [1.165, 1.54) is 18.4 Å². The number of carbonyl (C=O) groups excluding carboxylic acids is 1. The zero-order valence-electron chi connectivity index (χ0n) is 18.3. The van der Waals surface area contributed by atoms with Gasteiger partial charge in [-0.1, -0.05) is 30.3 Å². The van der Waals surface area contributed by atoms with Crippen molar-refractivity contribution in [1.82, 2.24) is 20.4 Å². The third kappa shape index (κ3) is 7.30. The van der Waals surface area contributed by atoms with E-state index < -0.39 is 0 Å². The maximum absolute atomic E-state index is 12.0. The molecule has 2 atom stereocenters. The second-order valence-corrected chi connectivity index (χ2v) is 9.21. The first-order valence-electron chi connectivity index (χ1n) is 10.6. The number of piperidine rings is 1. The Bertz CT molecular complexity index is 673. The molecule has 6 nitrogen and oxygen atoms in total. The van der Waals surface area contributed by atoms with Crippen molar-refractivity contribution in [2.75, 3.05) is 39.2 Å². The highest BCUT2D eigenvalue weighted by Gasteiger charge is 2.40. The van der Waals surface area contributed by atoms with E-state index in [1.54, 1.807) is 30.8 Å². The first-order chi connectivity index (χ1) is 14.1. The molecule has 2 aliphatic heterocycles. The molecule has 2 bridgehead atoms. The lowest BCUT2D eigenvalue weighted by molar-refractivity contribution is -0.127. The van der Waals surface area contributed by atoms with Crippen molar-refractivity contribution in [3.05, 3.63) is 35.9 Å². The molecule has 8 heteroatoms. The van der Waals surface area contributed by atoms with Crippen molar-refractivity contribution < 1.29 is 4.79 Å². The summed E-state index contributed by atoms with van der Waals surface area (Å²) in [4.78, 5) is 20.8. The van der Waals surface area contributed by atoms with Crippen LogP contribution in [0.5, 0.6) is 0 Å². The molecule has 0 aliphatic carbocycles. The highest BCUT2D eigenvalue weighted by Crippen LogP contribution is 2.36. The largest absolute Gasteiger partial charge is 0.356 e. The number of rotatable bonds is 8. The quantitative estimate of drug-likeness (QED) is 0.228. The van der Waals surface area contributed by atoms with Gasteiger partial charge in [-0.2, -0.15) is 11.8 Å². The Hall–Kier alpha value is -1.000. The Morgan fingerprint density at radius 1 is 1.20 bits per heavy atom. The van der Waals surface area contributed by atoms with Crippen LogP contribution >= 0.6 is 35.7 Å². The van der Waals surface area contributed by atoms with E-state index >= 15 is 0 Å². The van der Waals surface area contributed by atoms with Crippen molar-refractivity contribution >= 4 is 47.6 Å². The molecule has 30 heavy (non-hydrogen) atoms. The van der Waals surface area contributed by atoms with Crippen LogP contribution in [-0.2, 0) is 11.3 Å². The lowest BCUT2D eigenvalue weighted by Crippen LogP contribution is -2.52. The molecule has 2 fully saturated rings. The SMILES string of the molecule is CSCCNC(=NCC(=O)N(C)C)NC1CC2CCC(C1)N2Cc1ccccc1.I. The minimum Gasteiger partial charge on any atom is -0.356 e. The van der Waals surface area contributed by atoms with Crippen molar-refractivity contribution in [3.63, 3.8) is 0 Å². The minimum atomic E-state index is 0. The average molecular weight is 546 g/mol. The first kappa shape index (κ1) is 25.3. The molecule has 2 N–H and O–H groups in total. The summed E-state index contributed by atoms with van der Waals surface area (Å²) >= 11 is 1.80. The van der Waals surface area contributed by atoms with Crippen LogP contribution in [0, 0.1) is 0 Å². The van der Waals surface area contributed by atoms with E-state index in [0.29, 0.717) is 18.1 Å². The molecule has 2 unspecified atom stereocenters. The molecule has 0 saturated carbocycles. The van der Waals surface area contributed by atoms with Crippen LogP contribution in [0.1, 0.15) is 31.2 Å². The van der Waals surface area contributed by atoms with Gasteiger partial charge in [0.05, 0.1) is 0 Å². The number of nitrogens with zero attached hydrogens (tertiary/aromatic N) is 3. The van der Waals surface area contributed by atoms with Gasteiger partial charge in [0.1, 0.15) is 6.54 Å². The van der Waals surface area contributed by atoms with Gasteiger partial charge in [0, 0.05) is 51.1 Å². The Balaban J connectivity index is 0.00000320. The summed E-state index contributed by atoms with van der Waals surface area (Å²) in [6.45, 7) is 2.08. The summed E-state index contributed by atoms with van der Waals surface area (Å²) in [6, 6.07) is 12.5. The van der Waals surface area contributed by atoms with E-state index in [0.717, 1.165) is 37.6 Å². The highest BCUT2D eigenvalue weighted by molar-refractivity contribution is 14.0. The van der Waals surface area contributed by atoms with E-state index in [4.69, 9.17) is 0 Å². The molecular weight excluding hydrogens is 509 g/mol. The topological polar surface area (TPSA) is 60.0 Å². The van der Waals surface area contributed by atoms with Crippen molar-refractivity contribution in [3.8, 4) is 0 Å². The number of hydrogen-bond donors (Lipinski definition) is 2. The van der Waals surface area contributed by atoms with E-state index in [-0.39, 0.29) is 36.4 Å². The smallest absolute Gasteiger partial charge is 0.243 e. The molecule has 2 aliphatic rings. The molecule has 1 aromatic carbocycles. The molecule has 1 amide bonds. The molecule has 0 spiro atoms. The number of halogens is 1. The standard InChI is InChI=1S/C22H35N5OS.HI/c1-26(2)21(28)15-24-22(23-11-12-29-3)25-18-13-19-9-10-20(14-18)27(19)16-17-7-5-4-6-8-17;/h4-8,18-20H,9-16H2,1-3H3,(H2,23,24,25);1H. The number of carbonyl (C=O) groups is 1. The predicted octanol–water partition coefficient (Wildman–Crippen LogP) is 2.79. The van der Waals surface area contributed by atoms with E-state index in [9.17, 15) is 4.79 Å². The third-order valence-electron chi connectivity index (χ3n) is 5.90. The predicted molar refractivity (Wildman–Crippen MR) is 138 cm³/mol. The van der Waals surface area contributed by atoms with Gasteiger partial charge in [-0.05, 0) is 37.5 Å². The summed E-state index contributed by atoms with van der Waals surface area (Å²) < 4.78 is 0. The van der Waals surface area contributed by atoms with Crippen molar-refractivity contribution in [2.24, 2.45) is 4.99 Å². The van der Waals surface area contributed by atoms with Gasteiger partial charge in [0.15, 0.2) is 5.96 Å². The zero-order chi connectivity index (χ0) is 20.6. The van der Waals surface area contributed by atoms with Crippen LogP contribution in [0.15, 0.2) is 35.3 Å². The number of amides is 1. The molecule has 0 aromatic heterocycles. The first-order valence-corrected chi connectivity index (χ1v) is 12.0. The molecular formula is C22H36IN5OS. The third-order valence-corrected chi connectivity index (χ3v) is 6.52. The molecule has 0 radical (unpaired) electrons. The van der Waals surface area contributed by atoms with Gasteiger partial charge in [0.25, 0.3) is 0 Å². The second-order valence-electron chi connectivity index (χ2n) is 8.23. The lowest BCUT2D eigenvalue weighted by Gasteiger charge is -2.39. The Labute approximate surface area is 202 Å². The monoisotopic (exact) mass is 545 g/mol. The maximum atomic E-state index is 12.0. The van der Waals surface area contributed by atoms with E-state index in [1.807, 2.05) is 0 Å². The fourth-order valence-electron chi connectivity index (χ4n) is 4.35. The van der Waals surface area contributed by atoms with Crippen LogP contribution in [-0.4, -0.2) is 79.0 Å². The number of likely N-dealkylation sites (N-methyl/N-ethyl adjacent to an activating group) is 1. The number of benzene rings is 1. The summed E-state index contributed by atoms with van der Waals surface area (Å²) in [6.07, 6.45) is 6.92. The van der Waals surface area contributed by atoms with Gasteiger partial charge < -0.3 is 15.5 Å². The van der Waals surface area contributed by atoms with Crippen LogP contribution in [0.25, 0.3) is 0 Å². The van der Waals surface area contributed by atoms with Gasteiger partial charge in [-0.3, -0.25) is 9.69 Å². The van der Waals surface area contributed by atoms with Gasteiger partial charge >= 0.3 is 0 Å². The molecule has 1 aromatic rings. The van der Waals surface area contributed by atoms with Crippen molar-refractivity contribution in [1.29, 1.82) is 0 Å². The number of thioether (sulfide) groups is 1. The Morgan fingerprint density at radius 3 is 2.47 bits per heavy atom. The number of aliphatic imine (C=N–C) groups is 1. The minimum absolute atomic E-state index is 0. The number of fused-ring (bicyclic) bond motifs is 2. The summed E-state index contributed by atoms with van der Waals surface area (Å²) in [7, 11) is 3.54. The fourth-order valence-corrected chi connectivity index (χ4v) is 4.66. The normalized spacial score (nSPS) is 23.6. The Kier molecular flexibility index (Phi) is 10.7. The van der Waals surface area contributed by atoms with Crippen LogP contribution in [0.4, 0.5) is 0 Å². The van der Waals surface area contributed by atoms with Crippen molar-refractivity contribution in [2.45, 2.75) is 50.4 Å². The van der Waals surface area contributed by atoms with Crippen LogP contribution in [0.3, 0.4) is 0 Å². The number of guanidine groups is 1. The Morgan fingerprint density at radius 2 is 1.87 bits per heavy atom. The fraction of sp³-hybridized carbons (Fsp3) is 0.636. The summed E-state index contributed by atoms with van der Waals surface area (Å²) in [5.74, 6) is 1.81. The second kappa shape index (κ2) is 12.8. The number of nitrogens with one attached hydrogen (secondary N) is 2. The highest BCUT2D eigenvalue weighted by atomic mass is 127. The average Bonchev–Trinajstić information content (AvgIpc) is 2.95. The van der Waals surface area contributed by atoms with Crippen LogP contribution in [0.2, 0.25) is 0 Å². The van der Waals surface area contributed by atoms with Gasteiger partial charge in [-0.25, -0.2) is 4.99 Å². The van der Waals surface area contributed by atoms with Gasteiger partial charge in [0.2, 0.25) is 5.91 Å². The van der Waals surface area contributed by atoms with Crippen LogP contribution < -0.4 is 10.6 Å². The number of hydrogen-bond acceptors (Lipinski definition) is 4. The summed E-state index contributed by atoms with van der Waals surface area (Å²) in [5.41, 5.74) is 1.40. The van der Waals surface area contributed by atoms with E-state index in [2.05, 4.69) is 57.1 Å². The molecule has 2 saturated heterocycles. The molecule has 3 rings (SSSR count). The lowest BCUT2D eigenvalue weighted by atomic mass is 9.96.